The first-order valence-corrected chi connectivity index (χ1v) is 10.7. The van der Waals surface area contributed by atoms with E-state index in [-0.39, 0.29) is 18.2 Å². The second-order valence-electron chi connectivity index (χ2n) is 6.86. The molecule has 2 fully saturated rings. The highest BCUT2D eigenvalue weighted by Crippen LogP contribution is 2.31. The number of benzene rings is 1. The number of hydrogen-bond donors (Lipinski definition) is 0. The van der Waals surface area contributed by atoms with Crippen LogP contribution in [0.25, 0.3) is 0 Å². The van der Waals surface area contributed by atoms with Gasteiger partial charge in [-0.25, -0.2) is 8.42 Å². The number of rotatable bonds is 5. The summed E-state index contributed by atoms with van der Waals surface area (Å²) in [6.07, 6.45) is 2.21. The molecule has 0 atom stereocenters. The van der Waals surface area contributed by atoms with Gasteiger partial charge in [0.2, 0.25) is 15.9 Å². The molecule has 148 valence electrons. The maximum absolute atomic E-state index is 12.7. The Balaban J connectivity index is 1.69. The molecule has 0 aliphatic carbocycles. The summed E-state index contributed by atoms with van der Waals surface area (Å²) in [5.41, 5.74) is 0.836. The van der Waals surface area contributed by atoms with Crippen LogP contribution in [0, 0.1) is 0 Å². The fourth-order valence-electron chi connectivity index (χ4n) is 3.37. The Morgan fingerprint density at radius 3 is 2.15 bits per heavy atom. The lowest BCUT2D eigenvalue weighted by Crippen LogP contribution is -2.50. The molecule has 0 bridgehead atoms. The third-order valence-electron chi connectivity index (χ3n) is 4.93. The molecule has 8 nitrogen and oxygen atoms in total. The summed E-state index contributed by atoms with van der Waals surface area (Å²) in [5, 5.41) is 0. The number of nitrogens with zero attached hydrogens (tertiary/aromatic N) is 2. The smallest absolute Gasteiger partial charge is 0.243 e. The third kappa shape index (κ3) is 4.48. The van der Waals surface area contributed by atoms with Gasteiger partial charge in [-0.3, -0.25) is 13.9 Å². The summed E-state index contributed by atoms with van der Waals surface area (Å²) >= 11 is 0. The van der Waals surface area contributed by atoms with Gasteiger partial charge in [-0.05, 0) is 31.2 Å². The van der Waals surface area contributed by atoms with Crippen LogP contribution in [0.15, 0.2) is 24.3 Å². The van der Waals surface area contributed by atoms with Crippen molar-refractivity contribution in [2.75, 3.05) is 43.4 Å². The second-order valence-corrected chi connectivity index (χ2v) is 8.77. The lowest BCUT2D eigenvalue weighted by molar-refractivity contribution is -0.187. The van der Waals surface area contributed by atoms with Gasteiger partial charge in [-0.2, -0.15) is 0 Å². The number of sulfonamides is 1. The van der Waals surface area contributed by atoms with Gasteiger partial charge in [0.25, 0.3) is 0 Å². The van der Waals surface area contributed by atoms with Crippen LogP contribution in [-0.2, 0) is 24.3 Å². The van der Waals surface area contributed by atoms with E-state index in [1.54, 1.807) is 17.0 Å². The van der Waals surface area contributed by atoms with Gasteiger partial charge in [0.1, 0.15) is 6.54 Å². The molecule has 3 rings (SSSR count). The highest BCUT2D eigenvalue weighted by atomic mass is 32.2. The topological polar surface area (TPSA) is 93.2 Å². The minimum atomic E-state index is -3.66. The van der Waals surface area contributed by atoms with Crippen molar-refractivity contribution in [1.29, 1.82) is 0 Å². The molecule has 0 radical (unpaired) electrons. The van der Waals surface area contributed by atoms with Crippen LogP contribution in [0.5, 0.6) is 0 Å². The predicted octanol–water partition coefficient (Wildman–Crippen LogP) is 1.02. The van der Waals surface area contributed by atoms with Crippen LogP contribution in [0.4, 0.5) is 5.69 Å². The summed E-state index contributed by atoms with van der Waals surface area (Å²) in [5.74, 6) is -0.971. The summed E-state index contributed by atoms with van der Waals surface area (Å²) < 4.78 is 36.8. The van der Waals surface area contributed by atoms with E-state index in [1.165, 1.54) is 19.1 Å². The third-order valence-corrected chi connectivity index (χ3v) is 6.07. The molecule has 1 aromatic carbocycles. The van der Waals surface area contributed by atoms with Crippen LogP contribution in [0.2, 0.25) is 0 Å². The lowest BCUT2D eigenvalue weighted by atomic mass is 10.0. The van der Waals surface area contributed by atoms with Crippen molar-refractivity contribution in [3.05, 3.63) is 29.8 Å². The molecule has 9 heteroatoms. The Morgan fingerprint density at radius 2 is 1.67 bits per heavy atom. The molecule has 27 heavy (non-hydrogen) atoms. The van der Waals surface area contributed by atoms with Gasteiger partial charge in [-0.15, -0.1) is 0 Å². The number of likely N-dealkylation sites (tertiary alicyclic amines) is 1. The van der Waals surface area contributed by atoms with Crippen molar-refractivity contribution in [2.24, 2.45) is 0 Å². The SMILES string of the molecule is CC(=O)c1ccc(N(CC(=O)N2CCC3(CC2)OCCO3)S(C)(=O)=O)cc1. The molecule has 2 aliphatic heterocycles. The Kier molecular flexibility index (Phi) is 5.55. The van der Waals surface area contributed by atoms with E-state index in [0.717, 1.165) is 10.6 Å². The van der Waals surface area contributed by atoms with Gasteiger partial charge in [0, 0.05) is 31.5 Å². The first-order chi connectivity index (χ1) is 12.7. The van der Waals surface area contributed by atoms with Gasteiger partial charge in [-0.1, -0.05) is 0 Å². The summed E-state index contributed by atoms with van der Waals surface area (Å²) in [7, 11) is -3.66. The number of carbonyl (C=O) groups is 2. The lowest BCUT2D eigenvalue weighted by Gasteiger charge is -2.38. The first-order valence-electron chi connectivity index (χ1n) is 8.85. The normalized spacial score (nSPS) is 19.3. The highest BCUT2D eigenvalue weighted by molar-refractivity contribution is 7.92. The first kappa shape index (κ1) is 19.8. The minimum Gasteiger partial charge on any atom is -0.347 e. The molecule has 2 heterocycles. The molecular formula is C18H24N2O6S. The average molecular weight is 396 g/mol. The van der Waals surface area contributed by atoms with Crippen molar-refractivity contribution < 1.29 is 27.5 Å². The number of carbonyl (C=O) groups excluding carboxylic acids is 2. The maximum atomic E-state index is 12.7. The van der Waals surface area contributed by atoms with Crippen molar-refractivity contribution >= 4 is 27.4 Å². The van der Waals surface area contributed by atoms with E-state index < -0.39 is 15.8 Å². The minimum absolute atomic E-state index is 0.109. The van der Waals surface area contributed by atoms with Crippen LogP contribution in [-0.4, -0.2) is 69.9 Å². The fraction of sp³-hybridized carbons (Fsp3) is 0.556. The summed E-state index contributed by atoms with van der Waals surface area (Å²) in [6, 6.07) is 6.19. The number of amides is 1. The number of ketones is 1. The van der Waals surface area contributed by atoms with Crippen LogP contribution in [0.3, 0.4) is 0 Å². The summed E-state index contributed by atoms with van der Waals surface area (Å²) in [6.45, 7) is 3.19. The Labute approximate surface area is 159 Å². The zero-order chi connectivity index (χ0) is 19.7. The van der Waals surface area contributed by atoms with Crippen molar-refractivity contribution in [3.8, 4) is 0 Å². The molecule has 1 aromatic rings. The quantitative estimate of drug-likeness (QED) is 0.690. The van der Waals surface area contributed by atoms with Crippen molar-refractivity contribution in [2.45, 2.75) is 25.6 Å². The van der Waals surface area contributed by atoms with E-state index in [1.807, 2.05) is 0 Å². The number of piperidine rings is 1. The number of Topliss-reactive ketones (excluding diaryl/α,β-unsaturated/α-hetero) is 1. The zero-order valence-electron chi connectivity index (χ0n) is 15.5. The van der Waals surface area contributed by atoms with Crippen LogP contribution >= 0.6 is 0 Å². The molecule has 0 aromatic heterocycles. The van der Waals surface area contributed by atoms with Gasteiger partial charge in [0.05, 0.1) is 25.2 Å². The summed E-state index contributed by atoms with van der Waals surface area (Å²) in [4.78, 5) is 25.7. The van der Waals surface area contributed by atoms with Gasteiger partial charge < -0.3 is 14.4 Å². The second kappa shape index (κ2) is 7.57. The van der Waals surface area contributed by atoms with Gasteiger partial charge in [0.15, 0.2) is 11.6 Å². The largest absolute Gasteiger partial charge is 0.347 e. The van der Waals surface area contributed by atoms with E-state index in [9.17, 15) is 18.0 Å². The standard InChI is InChI=1S/C18H24N2O6S/c1-14(21)15-3-5-16(6-4-15)20(27(2,23)24)13-17(22)19-9-7-18(8-10-19)25-11-12-26-18/h3-6H,7-13H2,1-2H3. The predicted molar refractivity (Wildman–Crippen MR) is 99.1 cm³/mol. The molecule has 1 spiro atoms. The molecule has 2 aliphatic rings. The molecule has 0 saturated carbocycles. The highest BCUT2D eigenvalue weighted by Gasteiger charge is 2.41. The molecule has 0 N–H and O–H groups in total. The number of anilines is 1. The monoisotopic (exact) mass is 396 g/mol. The Hall–Kier alpha value is -1.97. The zero-order valence-corrected chi connectivity index (χ0v) is 16.3. The van der Waals surface area contributed by atoms with Gasteiger partial charge >= 0.3 is 0 Å². The van der Waals surface area contributed by atoms with Crippen LogP contribution in [0.1, 0.15) is 30.1 Å². The van der Waals surface area contributed by atoms with Crippen molar-refractivity contribution in [3.63, 3.8) is 0 Å². The molecule has 0 unspecified atom stereocenters. The maximum Gasteiger partial charge on any atom is 0.243 e. The van der Waals surface area contributed by atoms with E-state index in [2.05, 4.69) is 0 Å². The molecule has 1 amide bonds. The average Bonchev–Trinajstić information content (AvgIpc) is 3.07. The van der Waals surface area contributed by atoms with Crippen molar-refractivity contribution in [1.82, 2.24) is 4.90 Å². The van der Waals surface area contributed by atoms with Crippen LogP contribution < -0.4 is 4.31 Å². The Bertz CT molecular complexity index is 805. The molecule has 2 saturated heterocycles. The van der Waals surface area contributed by atoms with E-state index in [4.69, 9.17) is 9.47 Å². The van der Waals surface area contributed by atoms with E-state index >= 15 is 0 Å². The Morgan fingerprint density at radius 1 is 1.11 bits per heavy atom. The fourth-order valence-corrected chi connectivity index (χ4v) is 4.22. The number of hydrogen-bond acceptors (Lipinski definition) is 6. The number of ether oxygens (including phenoxy) is 2. The molecular weight excluding hydrogens is 372 g/mol. The van der Waals surface area contributed by atoms with E-state index in [0.29, 0.717) is 50.4 Å².